The van der Waals surface area contributed by atoms with Gasteiger partial charge in [0.05, 0.1) is 0 Å². The zero-order valence-electron chi connectivity index (χ0n) is 10.7. The monoisotopic (exact) mass is 270 g/mol. The molecule has 4 heteroatoms. The summed E-state index contributed by atoms with van der Waals surface area (Å²) in [6.45, 7) is 7.49. The van der Waals surface area contributed by atoms with Crippen LogP contribution in [0, 0.1) is 0 Å². The number of nitrogens with zero attached hydrogens (tertiary/aromatic N) is 1. The third kappa shape index (κ3) is 2.87. The van der Waals surface area contributed by atoms with Gasteiger partial charge in [0.2, 0.25) is 0 Å². The summed E-state index contributed by atoms with van der Waals surface area (Å²) < 4.78 is 0. The summed E-state index contributed by atoms with van der Waals surface area (Å²) in [5, 5.41) is 2.90. The van der Waals surface area contributed by atoms with Crippen molar-refractivity contribution in [1.29, 1.82) is 0 Å². The average molecular weight is 270 g/mol. The molecule has 0 saturated carbocycles. The molecule has 0 amide bonds. The lowest BCUT2D eigenvalue weighted by atomic mass is 9.93. The Bertz CT molecular complexity index is 339. The molecule has 1 saturated heterocycles. The summed E-state index contributed by atoms with van der Waals surface area (Å²) in [4.78, 5) is 4.03. The standard InChI is InChI=1S/C13H22N2S2/c1-3-15(8-12-5-4-6-16-12)13(9-14)7-11(2)17-10-13/h4-6,11H,3,7-10,14H2,1-2H3. The van der Waals surface area contributed by atoms with E-state index in [1.54, 1.807) is 0 Å². The Morgan fingerprint density at radius 1 is 1.59 bits per heavy atom. The van der Waals surface area contributed by atoms with Crippen molar-refractivity contribution in [2.24, 2.45) is 5.73 Å². The van der Waals surface area contributed by atoms with Gasteiger partial charge < -0.3 is 5.73 Å². The molecule has 0 radical (unpaired) electrons. The molecule has 0 bridgehead atoms. The molecule has 1 aromatic rings. The van der Waals surface area contributed by atoms with Crippen LogP contribution in [0.15, 0.2) is 17.5 Å². The van der Waals surface area contributed by atoms with Crippen LogP contribution in [-0.2, 0) is 6.54 Å². The average Bonchev–Trinajstić information content (AvgIpc) is 2.96. The fourth-order valence-electron chi connectivity index (χ4n) is 2.65. The predicted molar refractivity (Wildman–Crippen MR) is 78.7 cm³/mol. The van der Waals surface area contributed by atoms with Gasteiger partial charge in [0, 0.05) is 34.5 Å². The van der Waals surface area contributed by atoms with Gasteiger partial charge in [0.25, 0.3) is 0 Å². The lowest BCUT2D eigenvalue weighted by Crippen LogP contribution is -2.53. The van der Waals surface area contributed by atoms with Crippen LogP contribution in [0.1, 0.15) is 25.1 Å². The topological polar surface area (TPSA) is 29.3 Å². The van der Waals surface area contributed by atoms with E-state index < -0.39 is 0 Å². The van der Waals surface area contributed by atoms with Gasteiger partial charge >= 0.3 is 0 Å². The third-order valence-electron chi connectivity index (χ3n) is 3.66. The molecule has 0 spiro atoms. The van der Waals surface area contributed by atoms with E-state index in [9.17, 15) is 0 Å². The molecule has 0 aliphatic carbocycles. The van der Waals surface area contributed by atoms with Gasteiger partial charge in [-0.25, -0.2) is 0 Å². The van der Waals surface area contributed by atoms with Crippen LogP contribution >= 0.6 is 23.1 Å². The van der Waals surface area contributed by atoms with Crippen LogP contribution in [0.25, 0.3) is 0 Å². The van der Waals surface area contributed by atoms with E-state index in [0.29, 0.717) is 0 Å². The second-order valence-corrected chi connectivity index (χ2v) is 7.31. The van der Waals surface area contributed by atoms with Crippen LogP contribution in [0.2, 0.25) is 0 Å². The molecule has 2 heterocycles. The molecule has 1 aliphatic heterocycles. The van der Waals surface area contributed by atoms with Crippen molar-refractivity contribution in [3.05, 3.63) is 22.4 Å². The second kappa shape index (κ2) is 5.74. The van der Waals surface area contributed by atoms with Crippen LogP contribution in [0.4, 0.5) is 0 Å². The van der Waals surface area contributed by atoms with E-state index in [1.165, 1.54) is 17.1 Å². The van der Waals surface area contributed by atoms with Crippen molar-refractivity contribution >= 4 is 23.1 Å². The van der Waals surface area contributed by atoms with Gasteiger partial charge in [-0.2, -0.15) is 11.8 Å². The van der Waals surface area contributed by atoms with E-state index in [-0.39, 0.29) is 5.54 Å². The Morgan fingerprint density at radius 3 is 2.88 bits per heavy atom. The third-order valence-corrected chi connectivity index (χ3v) is 5.96. The van der Waals surface area contributed by atoms with E-state index >= 15 is 0 Å². The molecule has 2 nitrogen and oxygen atoms in total. The molecular formula is C13H22N2S2. The first-order valence-electron chi connectivity index (χ1n) is 6.29. The highest BCUT2D eigenvalue weighted by Crippen LogP contribution is 2.38. The molecule has 2 atom stereocenters. The highest BCUT2D eigenvalue weighted by atomic mass is 32.2. The van der Waals surface area contributed by atoms with E-state index in [0.717, 1.165) is 24.9 Å². The Labute approximate surface area is 113 Å². The molecule has 1 fully saturated rings. The first-order chi connectivity index (χ1) is 8.20. The molecular weight excluding hydrogens is 248 g/mol. The zero-order valence-corrected chi connectivity index (χ0v) is 12.3. The van der Waals surface area contributed by atoms with Gasteiger partial charge in [0.15, 0.2) is 0 Å². The van der Waals surface area contributed by atoms with Crippen LogP contribution < -0.4 is 5.73 Å². The molecule has 2 N–H and O–H groups in total. The van der Waals surface area contributed by atoms with Crippen LogP contribution in [0.5, 0.6) is 0 Å². The number of thiophene rings is 1. The van der Waals surface area contributed by atoms with Gasteiger partial charge in [0.1, 0.15) is 0 Å². The fraction of sp³-hybridized carbons (Fsp3) is 0.692. The quantitative estimate of drug-likeness (QED) is 0.892. The van der Waals surface area contributed by atoms with Gasteiger partial charge in [-0.3, -0.25) is 4.90 Å². The maximum atomic E-state index is 6.08. The van der Waals surface area contributed by atoms with Crippen LogP contribution in [-0.4, -0.2) is 34.5 Å². The van der Waals surface area contributed by atoms with E-state index in [1.807, 2.05) is 11.3 Å². The smallest absolute Gasteiger partial charge is 0.0436 e. The minimum absolute atomic E-state index is 0.225. The fourth-order valence-corrected chi connectivity index (χ4v) is 4.81. The Morgan fingerprint density at radius 2 is 2.41 bits per heavy atom. The van der Waals surface area contributed by atoms with Crippen molar-refractivity contribution in [1.82, 2.24) is 4.90 Å². The second-order valence-electron chi connectivity index (χ2n) is 4.85. The Balaban J connectivity index is 2.10. The normalized spacial score (nSPS) is 29.1. The van der Waals surface area contributed by atoms with Crippen molar-refractivity contribution in [2.45, 2.75) is 37.6 Å². The number of nitrogens with two attached hydrogens (primary N) is 1. The molecule has 2 unspecified atom stereocenters. The first-order valence-corrected chi connectivity index (χ1v) is 8.22. The number of likely N-dealkylation sites (N-methyl/N-ethyl adjacent to an activating group) is 1. The predicted octanol–water partition coefficient (Wildman–Crippen LogP) is 2.79. The van der Waals surface area contributed by atoms with Crippen molar-refractivity contribution in [2.75, 3.05) is 18.8 Å². The van der Waals surface area contributed by atoms with Crippen molar-refractivity contribution in [3.63, 3.8) is 0 Å². The summed E-state index contributed by atoms with van der Waals surface area (Å²) in [5.74, 6) is 1.18. The van der Waals surface area contributed by atoms with Crippen molar-refractivity contribution < 1.29 is 0 Å². The summed E-state index contributed by atoms with van der Waals surface area (Å²) in [6, 6.07) is 4.36. The minimum Gasteiger partial charge on any atom is -0.329 e. The molecule has 96 valence electrons. The number of thioether (sulfide) groups is 1. The van der Waals surface area contributed by atoms with Gasteiger partial charge in [-0.05, 0) is 24.4 Å². The maximum Gasteiger partial charge on any atom is 0.0436 e. The minimum atomic E-state index is 0.225. The molecule has 1 aliphatic rings. The lowest BCUT2D eigenvalue weighted by Gasteiger charge is -2.39. The highest BCUT2D eigenvalue weighted by molar-refractivity contribution is 8.00. The van der Waals surface area contributed by atoms with Crippen LogP contribution in [0.3, 0.4) is 0 Å². The zero-order chi connectivity index (χ0) is 12.3. The van der Waals surface area contributed by atoms with E-state index in [4.69, 9.17) is 5.73 Å². The highest BCUT2D eigenvalue weighted by Gasteiger charge is 2.41. The summed E-state index contributed by atoms with van der Waals surface area (Å²) in [7, 11) is 0. The maximum absolute atomic E-state index is 6.08. The molecule has 17 heavy (non-hydrogen) atoms. The molecule has 1 aromatic heterocycles. The first kappa shape index (κ1) is 13.4. The summed E-state index contributed by atoms with van der Waals surface area (Å²) in [5.41, 5.74) is 6.31. The van der Waals surface area contributed by atoms with Crippen molar-refractivity contribution in [3.8, 4) is 0 Å². The number of rotatable bonds is 5. The Hall–Kier alpha value is -0.0300. The number of hydrogen-bond donors (Lipinski definition) is 1. The van der Waals surface area contributed by atoms with Gasteiger partial charge in [-0.1, -0.05) is 19.9 Å². The SMILES string of the molecule is CCN(Cc1cccs1)C1(CN)CSC(C)C1. The largest absolute Gasteiger partial charge is 0.329 e. The van der Waals surface area contributed by atoms with Gasteiger partial charge in [-0.15, -0.1) is 11.3 Å². The molecule has 0 aromatic carbocycles. The summed E-state index contributed by atoms with van der Waals surface area (Å²) in [6.07, 6.45) is 1.23. The Kier molecular flexibility index (Phi) is 4.53. The molecule has 2 rings (SSSR count). The number of hydrogen-bond acceptors (Lipinski definition) is 4. The summed E-state index contributed by atoms with van der Waals surface area (Å²) >= 11 is 3.91. The lowest BCUT2D eigenvalue weighted by molar-refractivity contribution is 0.112. The van der Waals surface area contributed by atoms with E-state index in [2.05, 4.69) is 48.0 Å².